The van der Waals surface area contributed by atoms with Crippen molar-refractivity contribution in [3.05, 3.63) is 53.9 Å². The number of benzene rings is 2. The summed E-state index contributed by atoms with van der Waals surface area (Å²) in [5.74, 6) is 2.31. The molecule has 3 aromatic rings. The van der Waals surface area contributed by atoms with E-state index in [4.69, 9.17) is 0 Å². The number of nitrogens with zero attached hydrogens (tertiary/aromatic N) is 5. The zero-order valence-corrected chi connectivity index (χ0v) is 18.9. The lowest BCUT2D eigenvalue weighted by atomic mass is 10.0. The van der Waals surface area contributed by atoms with E-state index >= 15 is 0 Å². The van der Waals surface area contributed by atoms with Gasteiger partial charge >= 0.3 is 0 Å². The van der Waals surface area contributed by atoms with Crippen LogP contribution in [-0.4, -0.2) is 62.4 Å². The minimum atomic E-state index is 0.202. The quantitative estimate of drug-likeness (QED) is 0.529. The summed E-state index contributed by atoms with van der Waals surface area (Å²) < 4.78 is 2.18. The zero-order valence-electron chi connectivity index (χ0n) is 18.0. The molecule has 1 aliphatic heterocycles. The maximum Gasteiger partial charge on any atom is 0.233 e. The van der Waals surface area contributed by atoms with E-state index in [9.17, 15) is 4.79 Å². The van der Waals surface area contributed by atoms with E-state index in [0.717, 1.165) is 50.2 Å². The van der Waals surface area contributed by atoms with Gasteiger partial charge in [-0.3, -0.25) is 9.69 Å². The van der Waals surface area contributed by atoms with Crippen molar-refractivity contribution in [1.82, 2.24) is 24.6 Å². The fraction of sp³-hybridized carbons (Fsp3) is 0.458. The van der Waals surface area contributed by atoms with Crippen molar-refractivity contribution in [2.24, 2.45) is 0 Å². The Balaban J connectivity index is 1.14. The number of hydrogen-bond donors (Lipinski definition) is 0. The van der Waals surface area contributed by atoms with Crippen LogP contribution in [0.1, 0.15) is 37.1 Å². The molecule has 2 aliphatic rings. The van der Waals surface area contributed by atoms with E-state index < -0.39 is 0 Å². The van der Waals surface area contributed by atoms with Crippen molar-refractivity contribution in [2.75, 3.05) is 31.9 Å². The van der Waals surface area contributed by atoms with E-state index in [1.54, 1.807) is 0 Å². The molecule has 0 bridgehead atoms. The molecule has 7 heteroatoms. The van der Waals surface area contributed by atoms with Gasteiger partial charge in [-0.15, -0.1) is 10.2 Å². The van der Waals surface area contributed by atoms with Crippen LogP contribution in [0.15, 0.2) is 47.6 Å². The molecule has 0 unspecified atom stereocenters. The molecule has 2 heterocycles. The van der Waals surface area contributed by atoms with Crippen molar-refractivity contribution in [3.63, 3.8) is 0 Å². The first-order chi connectivity index (χ1) is 15.2. The highest BCUT2D eigenvalue weighted by Gasteiger charge is 2.30. The molecule has 0 atom stereocenters. The van der Waals surface area contributed by atoms with Gasteiger partial charge in [0.25, 0.3) is 0 Å². The smallest absolute Gasteiger partial charge is 0.233 e. The summed E-state index contributed by atoms with van der Waals surface area (Å²) in [5.41, 5.74) is 1.36. The van der Waals surface area contributed by atoms with Gasteiger partial charge in [0.1, 0.15) is 5.82 Å². The number of piperazine rings is 1. The fourth-order valence-corrected chi connectivity index (χ4v) is 5.30. The van der Waals surface area contributed by atoms with E-state index in [-0.39, 0.29) is 5.91 Å². The Morgan fingerprint density at radius 2 is 1.81 bits per heavy atom. The molecule has 0 spiro atoms. The molecule has 1 amide bonds. The monoisotopic (exact) mass is 435 g/mol. The lowest BCUT2D eigenvalue weighted by Crippen LogP contribution is -2.48. The third-order valence-corrected chi connectivity index (χ3v) is 7.28. The normalized spacial score (nSPS) is 17.4. The maximum absolute atomic E-state index is 12.8. The van der Waals surface area contributed by atoms with Gasteiger partial charge in [0, 0.05) is 45.2 Å². The van der Waals surface area contributed by atoms with Crippen LogP contribution in [0.4, 0.5) is 0 Å². The highest BCUT2D eigenvalue weighted by Crippen LogP contribution is 2.40. The van der Waals surface area contributed by atoms with Crippen molar-refractivity contribution in [2.45, 2.75) is 43.9 Å². The lowest BCUT2D eigenvalue weighted by molar-refractivity contribution is -0.130. The minimum absolute atomic E-state index is 0.202. The van der Waals surface area contributed by atoms with Gasteiger partial charge < -0.3 is 9.47 Å². The third-order valence-electron chi connectivity index (χ3n) is 6.33. The summed E-state index contributed by atoms with van der Waals surface area (Å²) in [7, 11) is 0. The second-order valence-corrected chi connectivity index (χ2v) is 9.39. The Bertz CT molecular complexity index is 1060. The number of carbonyl (C=O) groups excluding carboxylic acids is 1. The number of thioether (sulfide) groups is 1. The molecule has 31 heavy (non-hydrogen) atoms. The predicted molar refractivity (Wildman–Crippen MR) is 124 cm³/mol. The van der Waals surface area contributed by atoms with Crippen molar-refractivity contribution in [3.8, 4) is 0 Å². The van der Waals surface area contributed by atoms with Gasteiger partial charge in [0.05, 0.1) is 5.75 Å². The minimum Gasteiger partial charge on any atom is -0.339 e. The molecular formula is C24H29N5OS. The number of rotatable bonds is 7. The Hall–Kier alpha value is -2.38. The first kappa shape index (κ1) is 20.5. The van der Waals surface area contributed by atoms with E-state index in [1.807, 2.05) is 4.90 Å². The van der Waals surface area contributed by atoms with Crippen LogP contribution in [-0.2, 0) is 17.9 Å². The van der Waals surface area contributed by atoms with Crippen LogP contribution in [0.3, 0.4) is 0 Å². The molecule has 5 rings (SSSR count). The standard InChI is InChI=1S/C24H29N5OS/c1-2-29-23(19-10-11-19)25-26-24(29)31-17-22(30)28-14-12-27(13-15-28)16-20-8-5-7-18-6-3-4-9-21(18)20/h3-9,19H,2,10-17H2,1H3. The number of fused-ring (bicyclic) bond motifs is 1. The first-order valence-electron chi connectivity index (χ1n) is 11.3. The first-order valence-corrected chi connectivity index (χ1v) is 12.2. The van der Waals surface area contributed by atoms with E-state index in [2.05, 4.69) is 69.1 Å². The number of carbonyl (C=O) groups is 1. The van der Waals surface area contributed by atoms with Crippen molar-refractivity contribution >= 4 is 28.4 Å². The van der Waals surface area contributed by atoms with Gasteiger partial charge in [-0.1, -0.05) is 54.2 Å². The Morgan fingerprint density at radius 3 is 2.58 bits per heavy atom. The number of aromatic nitrogens is 3. The summed E-state index contributed by atoms with van der Waals surface area (Å²) >= 11 is 1.53. The second kappa shape index (κ2) is 9.01. The van der Waals surface area contributed by atoms with Crippen LogP contribution in [0, 0.1) is 0 Å². The van der Waals surface area contributed by atoms with Gasteiger partial charge in [0.2, 0.25) is 5.91 Å². The van der Waals surface area contributed by atoms with Crippen molar-refractivity contribution < 1.29 is 4.79 Å². The second-order valence-electron chi connectivity index (χ2n) is 8.44. The average molecular weight is 436 g/mol. The molecule has 0 radical (unpaired) electrons. The lowest BCUT2D eigenvalue weighted by Gasteiger charge is -2.35. The molecule has 1 saturated heterocycles. The largest absolute Gasteiger partial charge is 0.339 e. The van der Waals surface area contributed by atoms with Gasteiger partial charge in [-0.05, 0) is 36.1 Å². The number of hydrogen-bond acceptors (Lipinski definition) is 5. The summed E-state index contributed by atoms with van der Waals surface area (Å²) in [6.45, 7) is 7.32. The molecule has 1 aliphatic carbocycles. The molecule has 6 nitrogen and oxygen atoms in total. The van der Waals surface area contributed by atoms with Crippen LogP contribution >= 0.6 is 11.8 Å². The summed E-state index contributed by atoms with van der Waals surface area (Å²) in [4.78, 5) is 17.2. The van der Waals surface area contributed by atoms with Gasteiger partial charge in [-0.25, -0.2) is 0 Å². The molecule has 1 aromatic heterocycles. The van der Waals surface area contributed by atoms with Crippen molar-refractivity contribution in [1.29, 1.82) is 0 Å². The van der Waals surface area contributed by atoms with Crippen LogP contribution in [0.2, 0.25) is 0 Å². The maximum atomic E-state index is 12.8. The highest BCUT2D eigenvalue weighted by atomic mass is 32.2. The molecule has 2 fully saturated rings. The summed E-state index contributed by atoms with van der Waals surface area (Å²) in [6.07, 6.45) is 2.43. The molecule has 0 N–H and O–H groups in total. The van der Waals surface area contributed by atoms with E-state index in [0.29, 0.717) is 11.7 Å². The predicted octanol–water partition coefficient (Wildman–Crippen LogP) is 3.77. The van der Waals surface area contributed by atoms with Crippen LogP contribution in [0.5, 0.6) is 0 Å². The SMILES string of the molecule is CCn1c(SCC(=O)N2CCN(Cc3cccc4ccccc34)CC2)nnc1C1CC1. The Labute approximate surface area is 187 Å². The third kappa shape index (κ3) is 4.48. The summed E-state index contributed by atoms with van der Waals surface area (Å²) in [5, 5.41) is 12.2. The molecular weight excluding hydrogens is 406 g/mol. The number of amides is 1. The van der Waals surface area contributed by atoms with Crippen LogP contribution < -0.4 is 0 Å². The highest BCUT2D eigenvalue weighted by molar-refractivity contribution is 7.99. The van der Waals surface area contributed by atoms with Crippen LogP contribution in [0.25, 0.3) is 10.8 Å². The van der Waals surface area contributed by atoms with Gasteiger partial charge in [0.15, 0.2) is 5.16 Å². The molecule has 1 saturated carbocycles. The zero-order chi connectivity index (χ0) is 21.2. The van der Waals surface area contributed by atoms with Gasteiger partial charge in [-0.2, -0.15) is 0 Å². The average Bonchev–Trinajstić information content (AvgIpc) is 3.57. The fourth-order valence-electron chi connectivity index (χ4n) is 4.39. The Morgan fingerprint density at radius 1 is 1.03 bits per heavy atom. The molecule has 2 aromatic carbocycles. The topological polar surface area (TPSA) is 54.3 Å². The van der Waals surface area contributed by atoms with E-state index in [1.165, 1.54) is 40.9 Å². The Kier molecular flexibility index (Phi) is 5.96. The molecule has 162 valence electrons. The summed E-state index contributed by atoms with van der Waals surface area (Å²) in [6, 6.07) is 15.1.